The smallest absolute Gasteiger partial charge is 0.339 e. The molecule has 0 aliphatic heterocycles. The van der Waals surface area contributed by atoms with Crippen molar-refractivity contribution in [2.45, 2.75) is 12.8 Å². The molecule has 0 spiro atoms. The second-order valence-electron chi connectivity index (χ2n) is 2.86. The van der Waals surface area contributed by atoms with Crippen LogP contribution in [-0.4, -0.2) is 29.8 Å². The number of hydrogen-bond donors (Lipinski definition) is 1. The first-order valence-corrected chi connectivity index (χ1v) is 4.42. The molecular formula is C10H13NO3. The number of esters is 1. The summed E-state index contributed by atoms with van der Waals surface area (Å²) in [5.74, 6) is -0.383. The third-order valence-corrected chi connectivity index (χ3v) is 1.84. The quantitative estimate of drug-likeness (QED) is 0.722. The highest BCUT2D eigenvalue weighted by Crippen LogP contribution is 2.03. The number of aromatic nitrogens is 1. The van der Waals surface area contributed by atoms with Crippen LogP contribution in [-0.2, 0) is 11.2 Å². The van der Waals surface area contributed by atoms with Crippen molar-refractivity contribution in [3.8, 4) is 0 Å². The molecule has 0 aromatic carbocycles. The largest absolute Gasteiger partial charge is 0.465 e. The van der Waals surface area contributed by atoms with Gasteiger partial charge in [0, 0.05) is 18.5 Å². The predicted octanol–water partition coefficient (Wildman–Crippen LogP) is 0.793. The minimum Gasteiger partial charge on any atom is -0.465 e. The van der Waals surface area contributed by atoms with Crippen molar-refractivity contribution < 1.29 is 14.6 Å². The van der Waals surface area contributed by atoms with E-state index in [-0.39, 0.29) is 12.6 Å². The molecule has 76 valence electrons. The van der Waals surface area contributed by atoms with E-state index in [0.29, 0.717) is 12.0 Å². The van der Waals surface area contributed by atoms with E-state index in [1.807, 2.05) is 0 Å². The topological polar surface area (TPSA) is 59.4 Å². The lowest BCUT2D eigenvalue weighted by molar-refractivity contribution is 0.0600. The van der Waals surface area contributed by atoms with E-state index in [1.165, 1.54) is 13.3 Å². The van der Waals surface area contributed by atoms with Gasteiger partial charge in [-0.25, -0.2) is 4.79 Å². The van der Waals surface area contributed by atoms with Gasteiger partial charge in [0.15, 0.2) is 0 Å². The molecule has 0 aliphatic carbocycles. The van der Waals surface area contributed by atoms with Gasteiger partial charge in [0.25, 0.3) is 0 Å². The van der Waals surface area contributed by atoms with E-state index in [0.717, 1.165) is 12.1 Å². The average Bonchev–Trinajstić information content (AvgIpc) is 2.26. The van der Waals surface area contributed by atoms with E-state index in [1.54, 1.807) is 12.1 Å². The van der Waals surface area contributed by atoms with Crippen LogP contribution in [0, 0.1) is 0 Å². The van der Waals surface area contributed by atoms with Crippen molar-refractivity contribution in [2.24, 2.45) is 0 Å². The maximum absolute atomic E-state index is 11.0. The molecule has 0 unspecified atom stereocenters. The number of hydrogen-bond acceptors (Lipinski definition) is 4. The maximum atomic E-state index is 11.0. The summed E-state index contributed by atoms with van der Waals surface area (Å²) in [6.07, 6.45) is 2.89. The van der Waals surface area contributed by atoms with E-state index >= 15 is 0 Å². The Balaban J connectivity index is 2.63. The number of methoxy groups -OCH3 is 1. The zero-order valence-electron chi connectivity index (χ0n) is 8.06. The Kier molecular flexibility index (Phi) is 4.07. The summed E-state index contributed by atoms with van der Waals surface area (Å²) in [5.41, 5.74) is 1.31. The van der Waals surface area contributed by atoms with Crippen LogP contribution >= 0.6 is 0 Å². The third-order valence-electron chi connectivity index (χ3n) is 1.84. The molecule has 0 radical (unpaired) electrons. The Bertz CT molecular complexity index is 295. The minimum absolute atomic E-state index is 0.153. The number of ether oxygens (including phenoxy) is 1. The zero-order chi connectivity index (χ0) is 10.4. The highest BCUT2D eigenvalue weighted by atomic mass is 16.5. The van der Waals surface area contributed by atoms with Crippen LogP contribution in [0.15, 0.2) is 18.3 Å². The number of aryl methyl sites for hydroxylation is 1. The van der Waals surface area contributed by atoms with Gasteiger partial charge in [-0.05, 0) is 25.0 Å². The molecule has 14 heavy (non-hydrogen) atoms. The first-order valence-electron chi connectivity index (χ1n) is 4.42. The van der Waals surface area contributed by atoms with Gasteiger partial charge in [-0.1, -0.05) is 0 Å². The fourth-order valence-corrected chi connectivity index (χ4v) is 1.07. The van der Waals surface area contributed by atoms with Crippen molar-refractivity contribution in [2.75, 3.05) is 13.7 Å². The van der Waals surface area contributed by atoms with E-state index in [9.17, 15) is 4.79 Å². The minimum atomic E-state index is -0.383. The Morgan fingerprint density at radius 1 is 1.57 bits per heavy atom. The molecule has 4 nitrogen and oxygen atoms in total. The van der Waals surface area contributed by atoms with Crippen molar-refractivity contribution in [3.63, 3.8) is 0 Å². The lowest BCUT2D eigenvalue weighted by atomic mass is 10.2. The summed E-state index contributed by atoms with van der Waals surface area (Å²) in [7, 11) is 1.34. The number of pyridine rings is 1. The Morgan fingerprint density at radius 3 is 2.86 bits per heavy atom. The fourth-order valence-electron chi connectivity index (χ4n) is 1.07. The molecule has 0 saturated carbocycles. The molecule has 0 bridgehead atoms. The molecular weight excluding hydrogens is 182 g/mol. The van der Waals surface area contributed by atoms with Crippen molar-refractivity contribution in [1.29, 1.82) is 0 Å². The van der Waals surface area contributed by atoms with Crippen molar-refractivity contribution in [1.82, 2.24) is 4.98 Å². The fraction of sp³-hybridized carbons (Fsp3) is 0.400. The lowest BCUT2D eigenvalue weighted by Crippen LogP contribution is -2.02. The van der Waals surface area contributed by atoms with Crippen molar-refractivity contribution >= 4 is 5.97 Å². The van der Waals surface area contributed by atoms with Gasteiger partial charge in [0.2, 0.25) is 0 Å². The van der Waals surface area contributed by atoms with Gasteiger partial charge in [0.05, 0.1) is 12.7 Å². The monoisotopic (exact) mass is 195 g/mol. The summed E-state index contributed by atoms with van der Waals surface area (Å²) in [4.78, 5) is 15.1. The molecule has 0 atom stereocenters. The molecule has 0 saturated heterocycles. The zero-order valence-corrected chi connectivity index (χ0v) is 8.06. The van der Waals surface area contributed by atoms with Gasteiger partial charge in [0.1, 0.15) is 0 Å². The first-order chi connectivity index (χ1) is 6.77. The van der Waals surface area contributed by atoms with E-state index < -0.39 is 0 Å². The number of rotatable bonds is 4. The molecule has 1 N–H and O–H groups in total. The highest BCUT2D eigenvalue weighted by molar-refractivity contribution is 5.88. The second kappa shape index (κ2) is 5.34. The van der Waals surface area contributed by atoms with Crippen LogP contribution in [0.5, 0.6) is 0 Å². The standard InChI is InChI=1S/C10H13NO3/c1-14-10(13)8-4-5-9(11-7-8)3-2-6-12/h4-5,7,12H,2-3,6H2,1H3. The second-order valence-corrected chi connectivity index (χ2v) is 2.86. The molecule has 0 amide bonds. The average molecular weight is 195 g/mol. The highest BCUT2D eigenvalue weighted by Gasteiger charge is 2.04. The molecule has 1 aromatic rings. The summed E-state index contributed by atoms with van der Waals surface area (Å²) >= 11 is 0. The van der Waals surface area contributed by atoms with E-state index in [2.05, 4.69) is 9.72 Å². The molecule has 0 aliphatic rings. The Labute approximate surface area is 82.5 Å². The normalized spacial score (nSPS) is 9.86. The maximum Gasteiger partial charge on any atom is 0.339 e. The van der Waals surface area contributed by atoms with Gasteiger partial charge >= 0.3 is 5.97 Å². The third kappa shape index (κ3) is 2.81. The summed E-state index contributed by atoms with van der Waals surface area (Å²) < 4.78 is 4.54. The number of aliphatic hydroxyl groups is 1. The number of aliphatic hydroxyl groups excluding tert-OH is 1. The summed E-state index contributed by atoms with van der Waals surface area (Å²) in [6.45, 7) is 0.153. The summed E-state index contributed by atoms with van der Waals surface area (Å²) in [5, 5.41) is 8.61. The van der Waals surface area contributed by atoms with Gasteiger partial charge in [-0.2, -0.15) is 0 Å². The van der Waals surface area contributed by atoms with Crippen LogP contribution in [0.25, 0.3) is 0 Å². The van der Waals surface area contributed by atoms with Crippen LogP contribution in [0.4, 0.5) is 0 Å². The van der Waals surface area contributed by atoms with Crippen molar-refractivity contribution in [3.05, 3.63) is 29.6 Å². The molecule has 1 aromatic heterocycles. The lowest BCUT2D eigenvalue weighted by Gasteiger charge is -2.00. The molecule has 0 fully saturated rings. The van der Waals surface area contributed by atoms with Crippen LogP contribution in [0.3, 0.4) is 0 Å². The van der Waals surface area contributed by atoms with Gasteiger partial charge in [-0.15, -0.1) is 0 Å². The number of carbonyl (C=O) groups excluding carboxylic acids is 1. The van der Waals surface area contributed by atoms with E-state index in [4.69, 9.17) is 5.11 Å². The molecule has 4 heteroatoms. The van der Waals surface area contributed by atoms with Crippen LogP contribution in [0.2, 0.25) is 0 Å². The molecule has 1 heterocycles. The predicted molar refractivity (Wildman–Crippen MR) is 51.0 cm³/mol. The Hall–Kier alpha value is -1.42. The summed E-state index contributed by atoms with van der Waals surface area (Å²) in [6, 6.07) is 3.44. The first kappa shape index (κ1) is 10.7. The van der Waals surface area contributed by atoms with Crippen LogP contribution in [0.1, 0.15) is 22.5 Å². The number of nitrogens with zero attached hydrogens (tertiary/aromatic N) is 1. The van der Waals surface area contributed by atoms with Gasteiger partial charge < -0.3 is 9.84 Å². The van der Waals surface area contributed by atoms with Crippen LogP contribution < -0.4 is 0 Å². The SMILES string of the molecule is COC(=O)c1ccc(CCCO)nc1. The number of carbonyl (C=O) groups is 1. The molecule has 1 rings (SSSR count). The Morgan fingerprint density at radius 2 is 2.36 bits per heavy atom. The van der Waals surface area contributed by atoms with Gasteiger partial charge in [-0.3, -0.25) is 4.98 Å².